The summed E-state index contributed by atoms with van der Waals surface area (Å²) in [5.41, 5.74) is 3.08. The summed E-state index contributed by atoms with van der Waals surface area (Å²) in [4.78, 5) is 4.30. The molecule has 4 heteroatoms. The summed E-state index contributed by atoms with van der Waals surface area (Å²) in [6.45, 7) is 2.03. The number of methoxy groups -OCH3 is 1. The van der Waals surface area contributed by atoms with Crippen LogP contribution in [0.1, 0.15) is 5.69 Å². The Morgan fingerprint density at radius 1 is 1.43 bits per heavy atom. The fraction of sp³-hybridized carbons (Fsp3) is 0.300. The summed E-state index contributed by atoms with van der Waals surface area (Å²) in [6.07, 6.45) is 0. The average molecular weight is 211 g/mol. The van der Waals surface area contributed by atoms with Crippen molar-refractivity contribution in [3.63, 3.8) is 0 Å². The van der Waals surface area contributed by atoms with Crippen molar-refractivity contribution in [3.8, 4) is 5.88 Å². The zero-order valence-corrected chi connectivity index (χ0v) is 9.09. The Hall–Kier alpha value is -1.22. The number of hydrogen-bond donors (Lipinski definition) is 0. The minimum absolute atomic E-state index is 0.477. The summed E-state index contributed by atoms with van der Waals surface area (Å²) in [5.74, 6) is 0.477. The molecule has 0 amide bonds. The molecule has 2 heterocycles. The first-order valence-electron chi connectivity index (χ1n) is 4.30. The zero-order chi connectivity index (χ0) is 10.3. The molecule has 2 rings (SSSR count). The number of fused-ring (bicyclic) bond motifs is 1. The molecule has 0 fully saturated rings. The van der Waals surface area contributed by atoms with Crippen molar-refractivity contribution in [2.24, 2.45) is 7.05 Å². The van der Waals surface area contributed by atoms with Crippen molar-refractivity contribution in [1.29, 1.82) is 0 Å². The molecule has 0 aliphatic rings. The van der Waals surface area contributed by atoms with Crippen molar-refractivity contribution in [1.82, 2.24) is 9.55 Å². The van der Waals surface area contributed by atoms with Crippen molar-refractivity contribution in [2.45, 2.75) is 6.92 Å². The molecule has 0 aromatic carbocycles. The monoisotopic (exact) mass is 210 g/mol. The van der Waals surface area contributed by atoms with E-state index in [-0.39, 0.29) is 0 Å². The van der Waals surface area contributed by atoms with Crippen LogP contribution in [0.15, 0.2) is 12.1 Å². The average Bonchev–Trinajstić information content (AvgIpc) is 2.43. The molecule has 0 radical (unpaired) electrons. The molecule has 3 nitrogen and oxygen atoms in total. The lowest BCUT2D eigenvalue weighted by Gasteiger charge is -2.02. The van der Waals surface area contributed by atoms with Gasteiger partial charge in [-0.1, -0.05) is 11.6 Å². The third kappa shape index (κ3) is 1.24. The van der Waals surface area contributed by atoms with E-state index in [1.807, 2.05) is 30.7 Å². The van der Waals surface area contributed by atoms with Crippen LogP contribution in [-0.4, -0.2) is 16.7 Å². The van der Waals surface area contributed by atoms with E-state index < -0.39 is 0 Å². The lowest BCUT2D eigenvalue weighted by atomic mass is 10.4. The maximum atomic E-state index is 5.98. The highest BCUT2D eigenvalue weighted by Crippen LogP contribution is 2.27. The van der Waals surface area contributed by atoms with Crippen molar-refractivity contribution >= 4 is 22.6 Å². The number of aromatic nitrogens is 2. The van der Waals surface area contributed by atoms with Gasteiger partial charge in [-0.15, -0.1) is 0 Å². The van der Waals surface area contributed by atoms with Gasteiger partial charge in [0, 0.05) is 12.7 Å². The van der Waals surface area contributed by atoms with Gasteiger partial charge in [-0.25, -0.2) is 4.98 Å². The third-order valence-electron chi connectivity index (χ3n) is 2.38. The molecule has 0 bridgehead atoms. The summed E-state index contributed by atoms with van der Waals surface area (Å²) in [6, 6.07) is 3.88. The van der Waals surface area contributed by atoms with Crippen LogP contribution in [0.3, 0.4) is 0 Å². The molecule has 2 aromatic heterocycles. The molecule has 0 aliphatic carbocycles. The number of hydrogen-bond acceptors (Lipinski definition) is 2. The molecule has 0 unspecified atom stereocenters. The number of pyridine rings is 1. The zero-order valence-electron chi connectivity index (χ0n) is 8.34. The van der Waals surface area contributed by atoms with Crippen LogP contribution in [-0.2, 0) is 7.05 Å². The molecular weight excluding hydrogens is 200 g/mol. The van der Waals surface area contributed by atoms with Crippen LogP contribution in [0.25, 0.3) is 11.0 Å². The number of halogens is 1. The quantitative estimate of drug-likeness (QED) is 0.723. The standard InChI is InChI=1S/C10H11ClN2O/c1-6-4-8-9(13(6)2)5-7(11)10(12-8)14-3/h4-5H,1-3H3. The Kier molecular flexibility index (Phi) is 2.11. The predicted octanol–water partition coefficient (Wildman–Crippen LogP) is 2.54. The Morgan fingerprint density at radius 3 is 2.79 bits per heavy atom. The van der Waals surface area contributed by atoms with Crippen LogP contribution in [0.4, 0.5) is 0 Å². The van der Waals surface area contributed by atoms with Gasteiger partial charge in [-0.2, -0.15) is 0 Å². The molecule has 0 aliphatic heterocycles. The number of nitrogens with zero attached hydrogens (tertiary/aromatic N) is 2. The molecule has 0 saturated carbocycles. The van der Waals surface area contributed by atoms with Crippen molar-refractivity contribution in [3.05, 3.63) is 22.8 Å². The molecule has 0 N–H and O–H groups in total. The minimum atomic E-state index is 0.477. The first kappa shape index (κ1) is 9.34. The molecular formula is C10H11ClN2O. The summed E-state index contributed by atoms with van der Waals surface area (Å²) >= 11 is 5.98. The summed E-state index contributed by atoms with van der Waals surface area (Å²) in [7, 11) is 3.55. The van der Waals surface area contributed by atoms with E-state index in [4.69, 9.17) is 16.3 Å². The molecule has 74 valence electrons. The summed E-state index contributed by atoms with van der Waals surface area (Å²) in [5, 5.41) is 0.543. The maximum absolute atomic E-state index is 5.98. The van der Waals surface area contributed by atoms with Gasteiger partial charge in [0.05, 0.1) is 18.1 Å². The lowest BCUT2D eigenvalue weighted by molar-refractivity contribution is 0.400. The number of ether oxygens (including phenoxy) is 1. The van der Waals surface area contributed by atoms with E-state index in [0.29, 0.717) is 10.9 Å². The Morgan fingerprint density at radius 2 is 2.14 bits per heavy atom. The third-order valence-corrected chi connectivity index (χ3v) is 2.65. The highest BCUT2D eigenvalue weighted by Gasteiger charge is 2.08. The summed E-state index contributed by atoms with van der Waals surface area (Å²) < 4.78 is 7.10. The van der Waals surface area contributed by atoms with Crippen molar-refractivity contribution in [2.75, 3.05) is 7.11 Å². The maximum Gasteiger partial charge on any atom is 0.233 e. The largest absolute Gasteiger partial charge is 0.480 e. The van der Waals surface area contributed by atoms with E-state index in [1.54, 1.807) is 7.11 Å². The van der Waals surface area contributed by atoms with Gasteiger partial charge in [0.25, 0.3) is 0 Å². The number of rotatable bonds is 1. The van der Waals surface area contributed by atoms with Gasteiger partial charge >= 0.3 is 0 Å². The lowest BCUT2D eigenvalue weighted by Crippen LogP contribution is -1.92. The smallest absolute Gasteiger partial charge is 0.233 e. The number of aryl methyl sites for hydroxylation is 2. The fourth-order valence-corrected chi connectivity index (χ4v) is 1.70. The second-order valence-electron chi connectivity index (χ2n) is 3.23. The first-order valence-corrected chi connectivity index (χ1v) is 4.68. The van der Waals surface area contributed by atoms with E-state index in [9.17, 15) is 0 Å². The first-order chi connectivity index (χ1) is 6.63. The Bertz CT molecular complexity index is 490. The van der Waals surface area contributed by atoms with Gasteiger partial charge in [0.15, 0.2) is 0 Å². The normalized spacial score (nSPS) is 10.9. The molecule has 2 aromatic rings. The second kappa shape index (κ2) is 3.17. The van der Waals surface area contributed by atoms with E-state index in [1.165, 1.54) is 0 Å². The molecule has 0 saturated heterocycles. The van der Waals surface area contributed by atoms with Gasteiger partial charge < -0.3 is 9.30 Å². The van der Waals surface area contributed by atoms with Gasteiger partial charge in [-0.3, -0.25) is 0 Å². The second-order valence-corrected chi connectivity index (χ2v) is 3.64. The molecule has 0 atom stereocenters. The van der Waals surface area contributed by atoms with Crippen LogP contribution in [0, 0.1) is 6.92 Å². The van der Waals surface area contributed by atoms with Crippen molar-refractivity contribution < 1.29 is 4.74 Å². The Labute approximate surface area is 87.3 Å². The van der Waals surface area contributed by atoms with E-state index in [0.717, 1.165) is 16.7 Å². The van der Waals surface area contributed by atoms with E-state index in [2.05, 4.69) is 4.98 Å². The van der Waals surface area contributed by atoms with Gasteiger partial charge in [0.2, 0.25) is 5.88 Å². The van der Waals surface area contributed by atoms with Crippen LogP contribution in [0.2, 0.25) is 5.02 Å². The van der Waals surface area contributed by atoms with Gasteiger partial charge in [0.1, 0.15) is 5.02 Å². The molecule has 14 heavy (non-hydrogen) atoms. The molecule has 0 spiro atoms. The highest BCUT2D eigenvalue weighted by atomic mass is 35.5. The topological polar surface area (TPSA) is 27.1 Å². The van der Waals surface area contributed by atoms with Gasteiger partial charge in [-0.05, 0) is 19.1 Å². The van der Waals surface area contributed by atoms with Crippen LogP contribution in [0.5, 0.6) is 5.88 Å². The van der Waals surface area contributed by atoms with Crippen LogP contribution >= 0.6 is 11.6 Å². The fourth-order valence-electron chi connectivity index (χ4n) is 1.48. The van der Waals surface area contributed by atoms with Crippen LogP contribution < -0.4 is 4.74 Å². The Balaban J connectivity index is 2.79. The highest BCUT2D eigenvalue weighted by molar-refractivity contribution is 6.32. The van der Waals surface area contributed by atoms with E-state index >= 15 is 0 Å². The SMILES string of the molecule is COc1nc2cc(C)n(C)c2cc1Cl. The predicted molar refractivity (Wildman–Crippen MR) is 57.0 cm³/mol. The minimum Gasteiger partial charge on any atom is -0.480 e.